The highest BCUT2D eigenvalue weighted by atomic mass is 35.5. The predicted octanol–water partition coefficient (Wildman–Crippen LogP) is 3.17. The molecular weight excluding hydrogens is 348 g/mol. The van der Waals surface area contributed by atoms with Crippen LogP contribution in [0.15, 0.2) is 30.3 Å². The topological polar surface area (TPSA) is 64.2 Å². The molecule has 1 aromatic heterocycles. The second kappa shape index (κ2) is 8.69. The number of halogens is 1. The second-order valence-corrected chi connectivity index (χ2v) is 7.30. The van der Waals surface area contributed by atoms with Gasteiger partial charge in [0.15, 0.2) is 0 Å². The lowest BCUT2D eigenvalue weighted by atomic mass is 9.92. The van der Waals surface area contributed by atoms with Crippen molar-refractivity contribution in [1.82, 2.24) is 14.7 Å². The molecule has 1 amide bonds. The first-order valence-corrected chi connectivity index (χ1v) is 9.09. The van der Waals surface area contributed by atoms with E-state index in [9.17, 15) is 4.79 Å². The first-order valence-electron chi connectivity index (χ1n) is 9.09. The van der Waals surface area contributed by atoms with Crippen LogP contribution < -0.4 is 5.73 Å². The van der Waals surface area contributed by atoms with Crippen LogP contribution in [0.2, 0.25) is 0 Å². The van der Waals surface area contributed by atoms with Crippen molar-refractivity contribution in [3.05, 3.63) is 52.8 Å². The standard InChI is InChI=1S/C20H28N4O.ClH/c1-14-10-15(2)24(22-14)12-17-6-4-7-18(11-17)20(25)23-9-5-8-19(13-23)16(3)21;/h4,6-7,10-11,16,19H,5,8-9,12-13,21H2,1-3H3;1H. The van der Waals surface area contributed by atoms with Gasteiger partial charge in [-0.2, -0.15) is 5.10 Å². The predicted molar refractivity (Wildman–Crippen MR) is 107 cm³/mol. The van der Waals surface area contributed by atoms with E-state index in [0.717, 1.165) is 48.4 Å². The molecule has 26 heavy (non-hydrogen) atoms. The van der Waals surface area contributed by atoms with Crippen molar-refractivity contribution in [3.63, 3.8) is 0 Å². The van der Waals surface area contributed by atoms with E-state index in [1.807, 2.05) is 47.7 Å². The Hall–Kier alpha value is -1.85. The summed E-state index contributed by atoms with van der Waals surface area (Å²) in [7, 11) is 0. The fourth-order valence-corrected chi connectivity index (χ4v) is 3.62. The number of hydrogen-bond donors (Lipinski definition) is 1. The number of hydrogen-bond acceptors (Lipinski definition) is 3. The summed E-state index contributed by atoms with van der Waals surface area (Å²) in [6, 6.07) is 10.1. The van der Waals surface area contributed by atoms with Crippen LogP contribution in [-0.2, 0) is 6.54 Å². The summed E-state index contributed by atoms with van der Waals surface area (Å²) in [4.78, 5) is 14.9. The van der Waals surface area contributed by atoms with Gasteiger partial charge in [0.1, 0.15) is 0 Å². The molecule has 2 unspecified atom stereocenters. The van der Waals surface area contributed by atoms with Crippen LogP contribution >= 0.6 is 12.4 Å². The zero-order valence-electron chi connectivity index (χ0n) is 15.8. The minimum absolute atomic E-state index is 0. The van der Waals surface area contributed by atoms with Crippen molar-refractivity contribution in [1.29, 1.82) is 0 Å². The van der Waals surface area contributed by atoms with Crippen LogP contribution in [0.25, 0.3) is 0 Å². The van der Waals surface area contributed by atoms with Gasteiger partial charge in [-0.3, -0.25) is 9.48 Å². The smallest absolute Gasteiger partial charge is 0.253 e. The molecule has 0 saturated carbocycles. The Balaban J connectivity index is 0.00000243. The number of benzene rings is 1. The number of rotatable bonds is 4. The Morgan fingerprint density at radius 1 is 1.35 bits per heavy atom. The molecule has 142 valence electrons. The van der Waals surface area contributed by atoms with E-state index >= 15 is 0 Å². The van der Waals surface area contributed by atoms with E-state index in [1.165, 1.54) is 0 Å². The molecule has 5 nitrogen and oxygen atoms in total. The van der Waals surface area contributed by atoms with E-state index < -0.39 is 0 Å². The third kappa shape index (κ3) is 4.65. The summed E-state index contributed by atoms with van der Waals surface area (Å²) in [6.07, 6.45) is 2.14. The summed E-state index contributed by atoms with van der Waals surface area (Å²) in [6.45, 7) is 8.35. The summed E-state index contributed by atoms with van der Waals surface area (Å²) in [5, 5.41) is 4.51. The average molecular weight is 377 g/mol. The molecule has 1 aliphatic rings. The Morgan fingerprint density at radius 2 is 2.12 bits per heavy atom. The highest BCUT2D eigenvalue weighted by molar-refractivity contribution is 5.94. The maximum absolute atomic E-state index is 12.9. The number of aryl methyl sites for hydroxylation is 2. The van der Waals surface area contributed by atoms with Gasteiger partial charge in [-0.05, 0) is 63.3 Å². The van der Waals surface area contributed by atoms with Crippen LogP contribution in [0.5, 0.6) is 0 Å². The monoisotopic (exact) mass is 376 g/mol. The zero-order valence-corrected chi connectivity index (χ0v) is 16.6. The summed E-state index contributed by atoms with van der Waals surface area (Å²) < 4.78 is 1.98. The number of carbonyl (C=O) groups is 1. The van der Waals surface area contributed by atoms with Crippen LogP contribution in [-0.4, -0.2) is 39.7 Å². The average Bonchev–Trinajstić information content (AvgIpc) is 2.91. The lowest BCUT2D eigenvalue weighted by Gasteiger charge is -2.34. The van der Waals surface area contributed by atoms with E-state index in [0.29, 0.717) is 12.5 Å². The van der Waals surface area contributed by atoms with Gasteiger partial charge in [0.05, 0.1) is 12.2 Å². The highest BCUT2D eigenvalue weighted by Crippen LogP contribution is 2.21. The number of nitrogens with zero attached hydrogens (tertiary/aromatic N) is 3. The van der Waals surface area contributed by atoms with Crippen LogP contribution in [0.1, 0.15) is 47.1 Å². The zero-order chi connectivity index (χ0) is 18.0. The van der Waals surface area contributed by atoms with Crippen molar-refractivity contribution in [3.8, 4) is 0 Å². The number of carbonyl (C=O) groups excluding carboxylic acids is 1. The molecule has 6 heteroatoms. The number of piperidine rings is 1. The van der Waals surface area contributed by atoms with Crippen molar-refractivity contribution >= 4 is 18.3 Å². The molecule has 0 aliphatic carbocycles. The minimum atomic E-state index is 0. The first kappa shape index (κ1) is 20.5. The SMILES string of the molecule is Cc1cc(C)n(Cc2cccc(C(=O)N3CCCC(C(C)N)C3)c2)n1.Cl. The van der Waals surface area contributed by atoms with Gasteiger partial charge in [-0.1, -0.05) is 12.1 Å². The van der Waals surface area contributed by atoms with Gasteiger partial charge in [0.25, 0.3) is 5.91 Å². The molecule has 2 atom stereocenters. The molecule has 1 aliphatic heterocycles. The maximum Gasteiger partial charge on any atom is 0.253 e. The molecule has 0 spiro atoms. The fourth-order valence-electron chi connectivity index (χ4n) is 3.62. The Morgan fingerprint density at radius 3 is 2.77 bits per heavy atom. The van der Waals surface area contributed by atoms with E-state index in [1.54, 1.807) is 0 Å². The fraction of sp³-hybridized carbons (Fsp3) is 0.500. The molecule has 2 N–H and O–H groups in total. The van der Waals surface area contributed by atoms with E-state index in [-0.39, 0.29) is 24.4 Å². The quantitative estimate of drug-likeness (QED) is 0.891. The van der Waals surface area contributed by atoms with Gasteiger partial charge in [0, 0.05) is 30.4 Å². The number of aromatic nitrogens is 2. The molecular formula is C20H29ClN4O. The molecule has 0 bridgehead atoms. The summed E-state index contributed by atoms with van der Waals surface area (Å²) >= 11 is 0. The lowest BCUT2D eigenvalue weighted by Crippen LogP contribution is -2.45. The molecule has 2 heterocycles. The molecule has 1 saturated heterocycles. The van der Waals surface area contributed by atoms with Gasteiger partial charge in [-0.25, -0.2) is 0 Å². The van der Waals surface area contributed by atoms with Crippen molar-refractivity contribution in [2.45, 2.75) is 46.2 Å². The lowest BCUT2D eigenvalue weighted by molar-refractivity contribution is 0.0661. The molecule has 1 aromatic carbocycles. The summed E-state index contributed by atoms with van der Waals surface area (Å²) in [5.74, 6) is 0.510. The summed E-state index contributed by atoms with van der Waals surface area (Å²) in [5.41, 5.74) is 10.0. The van der Waals surface area contributed by atoms with Gasteiger partial charge in [-0.15, -0.1) is 12.4 Å². The van der Waals surface area contributed by atoms with Crippen molar-refractivity contribution in [2.24, 2.45) is 11.7 Å². The van der Waals surface area contributed by atoms with Gasteiger partial charge in [0.2, 0.25) is 0 Å². The Bertz CT molecular complexity index is 756. The van der Waals surface area contributed by atoms with E-state index in [2.05, 4.69) is 18.1 Å². The normalized spacial score (nSPS) is 18.3. The molecule has 0 radical (unpaired) electrons. The molecule has 2 aromatic rings. The minimum Gasteiger partial charge on any atom is -0.338 e. The largest absolute Gasteiger partial charge is 0.338 e. The first-order chi connectivity index (χ1) is 11.9. The number of nitrogens with two attached hydrogens (primary N) is 1. The van der Waals surface area contributed by atoms with Crippen LogP contribution in [0.4, 0.5) is 0 Å². The van der Waals surface area contributed by atoms with Crippen LogP contribution in [0.3, 0.4) is 0 Å². The van der Waals surface area contributed by atoms with Gasteiger partial charge >= 0.3 is 0 Å². The van der Waals surface area contributed by atoms with Crippen molar-refractivity contribution < 1.29 is 4.79 Å². The van der Waals surface area contributed by atoms with Crippen molar-refractivity contribution in [2.75, 3.05) is 13.1 Å². The number of likely N-dealkylation sites (tertiary alicyclic amines) is 1. The van der Waals surface area contributed by atoms with Gasteiger partial charge < -0.3 is 10.6 Å². The van der Waals surface area contributed by atoms with Crippen LogP contribution in [0, 0.1) is 19.8 Å². The Kier molecular flexibility index (Phi) is 6.84. The van der Waals surface area contributed by atoms with E-state index in [4.69, 9.17) is 5.73 Å². The highest BCUT2D eigenvalue weighted by Gasteiger charge is 2.26. The number of amides is 1. The second-order valence-electron chi connectivity index (χ2n) is 7.30. The third-order valence-corrected chi connectivity index (χ3v) is 5.10. The Labute approximate surface area is 162 Å². The maximum atomic E-state index is 12.9. The molecule has 1 fully saturated rings. The molecule has 3 rings (SSSR count). The third-order valence-electron chi connectivity index (χ3n) is 5.10.